The standard InChI is InChI=1S/C31H39ClN4O7/c1-8-17-15-31(17,27(39)40)35-25(37)22-14-19(42-23-11-12-33-21-13-18(32)9-10-20(21)23)16-36(22)26(38)24(29(2,3)4)34-28(41)43-30(5,6)7/h8-13,17,19,22,24H,1,14-16H2,2-7H3,(H,34,41)(H,35,37)(H,39,40). The Morgan fingerprint density at radius 1 is 1.19 bits per heavy atom. The van der Waals surface area contributed by atoms with Gasteiger partial charge < -0.3 is 30.1 Å². The van der Waals surface area contributed by atoms with Crippen LogP contribution in [0.1, 0.15) is 54.4 Å². The molecule has 3 amide bonds. The lowest BCUT2D eigenvalue weighted by Crippen LogP contribution is -2.59. The van der Waals surface area contributed by atoms with E-state index in [2.05, 4.69) is 22.2 Å². The van der Waals surface area contributed by atoms with E-state index in [1.54, 1.807) is 72.0 Å². The lowest BCUT2D eigenvalue weighted by atomic mass is 9.85. The molecule has 1 saturated heterocycles. The number of alkyl carbamates (subject to hydrolysis) is 1. The molecule has 2 fully saturated rings. The monoisotopic (exact) mass is 614 g/mol. The highest BCUT2D eigenvalue weighted by atomic mass is 35.5. The van der Waals surface area contributed by atoms with Gasteiger partial charge in [0.2, 0.25) is 11.8 Å². The van der Waals surface area contributed by atoms with Crippen molar-refractivity contribution >= 4 is 46.4 Å². The Morgan fingerprint density at radius 2 is 1.88 bits per heavy atom. The Kier molecular flexibility index (Phi) is 8.70. The maximum Gasteiger partial charge on any atom is 0.408 e. The molecule has 1 aromatic heterocycles. The van der Waals surface area contributed by atoms with Gasteiger partial charge >= 0.3 is 12.1 Å². The first kappa shape index (κ1) is 32.1. The van der Waals surface area contributed by atoms with Gasteiger partial charge in [-0.3, -0.25) is 14.6 Å². The Morgan fingerprint density at radius 3 is 2.47 bits per heavy atom. The third-order valence-electron chi connectivity index (χ3n) is 7.61. The number of aliphatic carboxylic acids is 1. The van der Waals surface area contributed by atoms with E-state index in [0.29, 0.717) is 21.7 Å². The van der Waals surface area contributed by atoms with Gasteiger partial charge in [0.25, 0.3) is 0 Å². The molecule has 5 unspecified atom stereocenters. The molecule has 232 valence electrons. The van der Waals surface area contributed by atoms with Crippen LogP contribution >= 0.6 is 11.6 Å². The fourth-order valence-electron chi connectivity index (χ4n) is 5.31. The topological polar surface area (TPSA) is 147 Å². The van der Waals surface area contributed by atoms with E-state index in [1.165, 1.54) is 11.0 Å². The van der Waals surface area contributed by atoms with Gasteiger partial charge in [0.15, 0.2) is 0 Å². The molecular formula is C31H39ClN4O7. The summed E-state index contributed by atoms with van der Waals surface area (Å²) in [4.78, 5) is 58.4. The van der Waals surface area contributed by atoms with Crippen molar-refractivity contribution in [3.63, 3.8) is 0 Å². The highest BCUT2D eigenvalue weighted by Crippen LogP contribution is 2.45. The van der Waals surface area contributed by atoms with Gasteiger partial charge in [0, 0.05) is 28.9 Å². The highest BCUT2D eigenvalue weighted by molar-refractivity contribution is 6.31. The Bertz CT molecular complexity index is 1450. The van der Waals surface area contributed by atoms with Crippen LogP contribution < -0.4 is 15.4 Å². The molecule has 0 spiro atoms. The summed E-state index contributed by atoms with van der Waals surface area (Å²) >= 11 is 6.13. The number of amides is 3. The maximum atomic E-state index is 14.2. The van der Waals surface area contributed by atoms with E-state index in [-0.39, 0.29) is 19.4 Å². The normalized spacial score (nSPS) is 24.2. The lowest BCUT2D eigenvalue weighted by molar-refractivity contribution is -0.146. The van der Waals surface area contributed by atoms with Crippen molar-refractivity contribution in [2.45, 2.75) is 83.7 Å². The first-order chi connectivity index (χ1) is 19.9. The predicted molar refractivity (Wildman–Crippen MR) is 161 cm³/mol. The third kappa shape index (κ3) is 7.04. The maximum absolute atomic E-state index is 14.2. The van der Waals surface area contributed by atoms with Crippen LogP contribution in [0.2, 0.25) is 5.02 Å². The zero-order chi connectivity index (χ0) is 31.9. The number of halogens is 1. The summed E-state index contributed by atoms with van der Waals surface area (Å²) in [5, 5.41) is 16.5. The molecule has 1 saturated carbocycles. The predicted octanol–water partition coefficient (Wildman–Crippen LogP) is 4.32. The summed E-state index contributed by atoms with van der Waals surface area (Å²) < 4.78 is 11.7. The average molecular weight is 615 g/mol. The number of pyridine rings is 1. The number of hydrogen-bond acceptors (Lipinski definition) is 7. The summed E-state index contributed by atoms with van der Waals surface area (Å²) in [5.41, 5.74) is -2.42. The molecule has 1 aromatic carbocycles. The summed E-state index contributed by atoms with van der Waals surface area (Å²) in [7, 11) is 0. The molecule has 0 bridgehead atoms. The molecule has 2 aliphatic rings. The summed E-state index contributed by atoms with van der Waals surface area (Å²) in [5.74, 6) is -2.25. The van der Waals surface area contributed by atoms with Crippen LogP contribution in [0.4, 0.5) is 4.79 Å². The molecule has 1 aliphatic carbocycles. The number of carbonyl (C=O) groups is 4. The first-order valence-corrected chi connectivity index (χ1v) is 14.5. The molecular weight excluding hydrogens is 576 g/mol. The van der Waals surface area contributed by atoms with E-state index < -0.39 is 64.5 Å². The molecule has 11 nitrogen and oxygen atoms in total. The van der Waals surface area contributed by atoms with Crippen LogP contribution in [0.25, 0.3) is 10.9 Å². The molecule has 4 rings (SSSR count). The number of carboxylic acids is 1. The quantitative estimate of drug-likeness (QED) is 0.373. The number of aromatic nitrogens is 1. The van der Waals surface area contributed by atoms with E-state index in [4.69, 9.17) is 21.1 Å². The molecule has 1 aliphatic heterocycles. The Hall–Kier alpha value is -3.86. The second kappa shape index (κ2) is 11.7. The van der Waals surface area contributed by atoms with E-state index in [9.17, 15) is 24.3 Å². The minimum atomic E-state index is -1.48. The SMILES string of the molecule is C=CC1CC1(NC(=O)C1CC(Oc2ccnc3cc(Cl)ccc23)CN1C(=O)C(NC(=O)OC(C)(C)C)C(C)(C)C)C(=O)O. The Balaban J connectivity index is 1.64. The van der Waals surface area contributed by atoms with Gasteiger partial charge in [-0.25, -0.2) is 9.59 Å². The number of hydrogen-bond donors (Lipinski definition) is 3. The number of ether oxygens (including phenoxy) is 2. The average Bonchev–Trinajstić information content (AvgIpc) is 3.45. The van der Waals surface area contributed by atoms with Crippen LogP contribution in [0.5, 0.6) is 5.75 Å². The summed E-state index contributed by atoms with van der Waals surface area (Å²) in [6, 6.07) is 4.77. The number of fused-ring (bicyclic) bond motifs is 1. The highest BCUT2D eigenvalue weighted by Gasteiger charge is 2.61. The molecule has 43 heavy (non-hydrogen) atoms. The smallest absolute Gasteiger partial charge is 0.408 e. The molecule has 2 heterocycles. The van der Waals surface area contributed by atoms with Crippen molar-refractivity contribution in [3.05, 3.63) is 48.1 Å². The number of carbonyl (C=O) groups excluding carboxylic acids is 3. The van der Waals surface area contributed by atoms with Crippen LogP contribution in [0.3, 0.4) is 0 Å². The van der Waals surface area contributed by atoms with Gasteiger partial charge in [-0.05, 0) is 56.9 Å². The lowest BCUT2D eigenvalue weighted by Gasteiger charge is -2.35. The van der Waals surface area contributed by atoms with Gasteiger partial charge in [-0.1, -0.05) is 38.4 Å². The van der Waals surface area contributed by atoms with E-state index in [0.717, 1.165) is 0 Å². The minimum absolute atomic E-state index is 0.0157. The molecule has 0 radical (unpaired) electrons. The number of benzene rings is 1. The second-order valence-electron chi connectivity index (χ2n) is 13.2. The van der Waals surface area contributed by atoms with Gasteiger partial charge in [0.1, 0.15) is 35.1 Å². The number of likely N-dealkylation sites (tertiary alicyclic amines) is 1. The van der Waals surface area contributed by atoms with Crippen LogP contribution in [0.15, 0.2) is 43.1 Å². The van der Waals surface area contributed by atoms with Crippen molar-refractivity contribution < 1.29 is 33.8 Å². The first-order valence-electron chi connectivity index (χ1n) is 14.1. The number of nitrogens with zero attached hydrogens (tertiary/aromatic N) is 2. The van der Waals surface area contributed by atoms with E-state index in [1.807, 2.05) is 0 Å². The molecule has 12 heteroatoms. The molecule has 2 aromatic rings. The van der Waals surface area contributed by atoms with Crippen LogP contribution in [0, 0.1) is 11.3 Å². The van der Waals surface area contributed by atoms with Crippen molar-refractivity contribution in [2.24, 2.45) is 11.3 Å². The fraction of sp³-hybridized carbons (Fsp3) is 0.516. The molecule has 3 N–H and O–H groups in total. The van der Waals surface area contributed by atoms with Gasteiger partial charge in [-0.15, -0.1) is 6.58 Å². The zero-order valence-electron chi connectivity index (χ0n) is 25.3. The third-order valence-corrected chi connectivity index (χ3v) is 7.84. The number of rotatable bonds is 8. The summed E-state index contributed by atoms with van der Waals surface area (Å²) in [6.07, 6.45) is 1.97. The molecule has 5 atom stereocenters. The number of carboxylic acid groups (broad SMARTS) is 1. The second-order valence-corrected chi connectivity index (χ2v) is 13.6. The van der Waals surface area contributed by atoms with Crippen LogP contribution in [-0.2, 0) is 19.1 Å². The zero-order valence-corrected chi connectivity index (χ0v) is 26.0. The number of nitrogens with one attached hydrogen (secondary N) is 2. The van der Waals surface area contributed by atoms with Gasteiger partial charge in [0.05, 0.1) is 12.1 Å². The van der Waals surface area contributed by atoms with Crippen molar-refractivity contribution in [2.75, 3.05) is 6.54 Å². The Labute approximate surface area is 255 Å². The van der Waals surface area contributed by atoms with Crippen LogP contribution in [-0.4, -0.2) is 74.7 Å². The minimum Gasteiger partial charge on any atom is -0.488 e. The van der Waals surface area contributed by atoms with Gasteiger partial charge in [-0.2, -0.15) is 0 Å². The van der Waals surface area contributed by atoms with E-state index >= 15 is 0 Å². The van der Waals surface area contributed by atoms with Crippen molar-refractivity contribution in [1.29, 1.82) is 0 Å². The fourth-order valence-corrected chi connectivity index (χ4v) is 5.48. The van der Waals surface area contributed by atoms with Crippen molar-refractivity contribution in [1.82, 2.24) is 20.5 Å². The summed E-state index contributed by atoms with van der Waals surface area (Å²) in [6.45, 7) is 14.2. The largest absolute Gasteiger partial charge is 0.488 e. The van der Waals surface area contributed by atoms with Crippen molar-refractivity contribution in [3.8, 4) is 5.75 Å².